The second kappa shape index (κ2) is 14.4. The molecule has 2 saturated heterocycles. The molecule has 0 aromatic heterocycles. The first kappa shape index (κ1) is 32.0. The molecule has 15 heteroatoms. The molecule has 0 aromatic carbocycles. The van der Waals surface area contributed by atoms with Crippen LogP contribution >= 0.6 is 0 Å². The van der Waals surface area contributed by atoms with E-state index in [4.69, 9.17) is 47.4 Å². The number of hydrogen-bond donors (Lipinski definition) is 0. The highest BCUT2D eigenvalue weighted by molar-refractivity contribution is 5.89. The Labute approximate surface area is 235 Å². The van der Waals surface area contributed by atoms with E-state index in [1.165, 1.54) is 13.2 Å². The highest BCUT2D eigenvalue weighted by Crippen LogP contribution is 2.40. The van der Waals surface area contributed by atoms with Gasteiger partial charge in [0.1, 0.15) is 12.7 Å². The third kappa shape index (κ3) is 8.03. The maximum absolute atomic E-state index is 12.5. The third-order valence-electron chi connectivity index (χ3n) is 6.27. The van der Waals surface area contributed by atoms with Crippen molar-refractivity contribution in [2.45, 2.75) is 71.0 Å². The van der Waals surface area contributed by atoms with Gasteiger partial charge in [-0.25, -0.2) is 4.79 Å². The molecule has 0 radical (unpaired) electrons. The van der Waals surface area contributed by atoms with E-state index in [1.807, 2.05) is 0 Å². The predicted octanol–water partition coefficient (Wildman–Crippen LogP) is 0.291. The maximum Gasteiger partial charge on any atom is 0.337 e. The average Bonchev–Trinajstić information content (AvgIpc) is 3.44. The lowest BCUT2D eigenvalue weighted by molar-refractivity contribution is -0.343. The van der Waals surface area contributed by atoms with Gasteiger partial charge in [0.2, 0.25) is 12.6 Å². The molecule has 15 nitrogen and oxygen atoms in total. The highest BCUT2D eigenvalue weighted by Gasteiger charge is 2.55. The van der Waals surface area contributed by atoms with Gasteiger partial charge in [0.05, 0.1) is 44.0 Å². The number of ether oxygens (including phenoxy) is 10. The number of esters is 5. The van der Waals surface area contributed by atoms with Gasteiger partial charge in [-0.05, 0) is 0 Å². The molecule has 0 spiro atoms. The van der Waals surface area contributed by atoms with E-state index in [0.29, 0.717) is 0 Å². The Morgan fingerprint density at radius 3 is 2.00 bits per heavy atom. The van der Waals surface area contributed by atoms with Crippen LogP contribution in [0.3, 0.4) is 0 Å². The van der Waals surface area contributed by atoms with Crippen molar-refractivity contribution in [2.75, 3.05) is 26.9 Å². The summed E-state index contributed by atoms with van der Waals surface area (Å²) in [7, 11) is 1.21. The van der Waals surface area contributed by atoms with Crippen molar-refractivity contribution in [1.82, 2.24) is 0 Å². The summed E-state index contributed by atoms with van der Waals surface area (Å²) in [6, 6.07) is 0. The summed E-state index contributed by atoms with van der Waals surface area (Å²) in [5, 5.41) is 0. The number of rotatable bonds is 10. The fourth-order valence-corrected chi connectivity index (χ4v) is 4.71. The summed E-state index contributed by atoms with van der Waals surface area (Å²) in [4.78, 5) is 60.2. The van der Waals surface area contributed by atoms with Gasteiger partial charge < -0.3 is 47.4 Å². The molecule has 2 fully saturated rings. The first-order valence-electron chi connectivity index (χ1n) is 12.7. The summed E-state index contributed by atoms with van der Waals surface area (Å²) in [6.07, 6.45) is -6.54. The van der Waals surface area contributed by atoms with Gasteiger partial charge in [-0.3, -0.25) is 19.2 Å². The van der Waals surface area contributed by atoms with Crippen LogP contribution in [0.5, 0.6) is 0 Å². The van der Waals surface area contributed by atoms with Crippen molar-refractivity contribution >= 4 is 29.8 Å². The lowest BCUT2D eigenvalue weighted by Crippen LogP contribution is -2.63. The van der Waals surface area contributed by atoms with Gasteiger partial charge in [0, 0.05) is 27.7 Å². The second-order valence-corrected chi connectivity index (χ2v) is 9.22. The minimum absolute atomic E-state index is 0.102. The first-order valence-corrected chi connectivity index (χ1v) is 12.7. The molecule has 0 amide bonds. The summed E-state index contributed by atoms with van der Waals surface area (Å²) in [5.74, 6) is -5.31. The monoisotopic (exact) mass is 586 g/mol. The van der Waals surface area contributed by atoms with Crippen LogP contribution in [0, 0.1) is 11.8 Å². The van der Waals surface area contributed by atoms with Gasteiger partial charge in [0.25, 0.3) is 0 Å². The van der Waals surface area contributed by atoms with Crippen molar-refractivity contribution in [3.8, 4) is 0 Å². The third-order valence-corrected chi connectivity index (χ3v) is 6.27. The lowest BCUT2D eigenvalue weighted by atomic mass is 9.83. The number of methoxy groups -OCH3 is 1. The number of hydrogen-bond acceptors (Lipinski definition) is 15. The molecule has 0 aliphatic carbocycles. The normalized spacial score (nSPS) is 31.6. The van der Waals surface area contributed by atoms with E-state index in [1.54, 1.807) is 0 Å². The fourth-order valence-electron chi connectivity index (χ4n) is 4.71. The Kier molecular flexibility index (Phi) is 11.2. The van der Waals surface area contributed by atoms with Gasteiger partial charge in [-0.2, -0.15) is 0 Å². The van der Waals surface area contributed by atoms with Crippen LogP contribution in [0.2, 0.25) is 0 Å². The zero-order valence-electron chi connectivity index (χ0n) is 23.3. The Bertz CT molecular complexity index is 1030. The van der Waals surface area contributed by atoms with Crippen LogP contribution in [-0.4, -0.2) is 100 Å². The van der Waals surface area contributed by atoms with Gasteiger partial charge in [0.15, 0.2) is 24.6 Å². The van der Waals surface area contributed by atoms with Gasteiger partial charge in [-0.15, -0.1) is 6.58 Å². The molecule has 0 N–H and O–H groups in total. The summed E-state index contributed by atoms with van der Waals surface area (Å²) < 4.78 is 55.4. The van der Waals surface area contributed by atoms with Crippen molar-refractivity contribution in [3.63, 3.8) is 0 Å². The molecule has 3 aliphatic rings. The molecule has 0 aromatic rings. The number of carbonyl (C=O) groups is 5. The largest absolute Gasteiger partial charge is 0.471 e. The van der Waals surface area contributed by atoms with E-state index in [2.05, 4.69) is 6.58 Å². The predicted molar refractivity (Wildman–Crippen MR) is 131 cm³/mol. The minimum Gasteiger partial charge on any atom is -0.471 e. The van der Waals surface area contributed by atoms with Crippen LogP contribution in [0.25, 0.3) is 0 Å². The van der Waals surface area contributed by atoms with Gasteiger partial charge >= 0.3 is 29.8 Å². The molecule has 8 atom stereocenters. The molecule has 8 unspecified atom stereocenters. The van der Waals surface area contributed by atoms with E-state index in [0.717, 1.165) is 34.0 Å². The fraction of sp³-hybridized carbons (Fsp3) is 0.654. The smallest absolute Gasteiger partial charge is 0.337 e. The second-order valence-electron chi connectivity index (χ2n) is 9.22. The molecule has 3 rings (SSSR count). The SMILES string of the molecule is C=CC1C(OC2OC(COC(C)=O)C(OC(C)=O)C(OC(C)=O)C2OC(C)=O)OC=C(C(=O)OC)C1C1OCCO1. The van der Waals surface area contributed by atoms with Crippen LogP contribution in [-0.2, 0) is 71.3 Å². The molecule has 3 heterocycles. The standard InChI is InChI=1S/C26H34O15/c1-7-16-19(25-33-8-9-34-25)17(23(31)32-6)10-36-24(16)41-26-22(39-15(5)30)21(38-14(4)29)20(37-13(3)28)18(40-26)11-35-12(2)27/h7,10,16,18-22,24-26H,1,8-9,11H2,2-6H3. The molecule has 228 valence electrons. The Balaban J connectivity index is 2.00. The topological polar surface area (TPSA) is 178 Å². The maximum atomic E-state index is 12.5. The molecule has 41 heavy (non-hydrogen) atoms. The quantitative estimate of drug-likeness (QED) is 0.194. The minimum atomic E-state index is -1.53. The van der Waals surface area contributed by atoms with Crippen molar-refractivity contribution < 1.29 is 71.3 Å². The summed E-state index contributed by atoms with van der Waals surface area (Å²) >= 11 is 0. The Hall–Kier alpha value is -3.53. The molecule has 0 bridgehead atoms. The van der Waals surface area contributed by atoms with E-state index >= 15 is 0 Å². The van der Waals surface area contributed by atoms with E-state index < -0.39 is 91.6 Å². The van der Waals surface area contributed by atoms with Crippen molar-refractivity contribution in [2.24, 2.45) is 11.8 Å². The van der Waals surface area contributed by atoms with Crippen LogP contribution < -0.4 is 0 Å². The lowest BCUT2D eigenvalue weighted by Gasteiger charge is -2.46. The molecular formula is C26H34O15. The van der Waals surface area contributed by atoms with E-state index in [-0.39, 0.29) is 18.8 Å². The van der Waals surface area contributed by atoms with Crippen molar-refractivity contribution in [3.05, 3.63) is 24.5 Å². The van der Waals surface area contributed by atoms with E-state index in [9.17, 15) is 24.0 Å². The summed E-state index contributed by atoms with van der Waals surface area (Å²) in [5.41, 5.74) is 0.102. The summed E-state index contributed by atoms with van der Waals surface area (Å²) in [6.45, 7) is 8.44. The zero-order valence-corrected chi connectivity index (χ0v) is 23.3. The Morgan fingerprint density at radius 1 is 0.878 bits per heavy atom. The molecule has 3 aliphatic heterocycles. The highest BCUT2D eigenvalue weighted by atomic mass is 16.8. The zero-order chi connectivity index (χ0) is 30.3. The molecule has 0 saturated carbocycles. The molecular weight excluding hydrogens is 552 g/mol. The van der Waals surface area contributed by atoms with Crippen LogP contribution in [0.15, 0.2) is 24.5 Å². The first-order chi connectivity index (χ1) is 19.5. The average molecular weight is 587 g/mol. The van der Waals surface area contributed by atoms with Gasteiger partial charge in [-0.1, -0.05) is 6.08 Å². The Morgan fingerprint density at radius 2 is 1.46 bits per heavy atom. The van der Waals surface area contributed by atoms with Crippen LogP contribution in [0.4, 0.5) is 0 Å². The number of carbonyl (C=O) groups excluding carboxylic acids is 5. The van der Waals surface area contributed by atoms with Crippen molar-refractivity contribution in [1.29, 1.82) is 0 Å². The van der Waals surface area contributed by atoms with Crippen LogP contribution in [0.1, 0.15) is 27.7 Å².